The van der Waals surface area contributed by atoms with Crippen LogP contribution in [-0.4, -0.2) is 63.2 Å². The van der Waals surface area contributed by atoms with Crippen molar-refractivity contribution in [2.45, 2.75) is 71.4 Å². The maximum absolute atomic E-state index is 13.6. The quantitative estimate of drug-likeness (QED) is 0.492. The first kappa shape index (κ1) is 24.1. The molecule has 3 saturated carbocycles. The highest BCUT2D eigenvalue weighted by Crippen LogP contribution is 2.61. The highest BCUT2D eigenvalue weighted by molar-refractivity contribution is 5.87. The van der Waals surface area contributed by atoms with Crippen molar-refractivity contribution < 1.29 is 29.7 Å². The Morgan fingerprint density at radius 1 is 1.30 bits per heavy atom. The molecule has 8 atom stereocenters. The molecular formula is C25H36N2O6. The fourth-order valence-electron chi connectivity index (χ4n) is 6.47. The number of carbonyl (C=O) groups excluding carboxylic acids is 1. The summed E-state index contributed by atoms with van der Waals surface area (Å²) in [5, 5.41) is 34.4. The van der Waals surface area contributed by atoms with Gasteiger partial charge in [0.25, 0.3) is 0 Å². The minimum atomic E-state index is -1.03. The number of rotatable bonds is 7. The van der Waals surface area contributed by atoms with E-state index < -0.39 is 30.1 Å². The average molecular weight is 461 g/mol. The summed E-state index contributed by atoms with van der Waals surface area (Å²) in [5.41, 5.74) is 1.13. The first-order valence-electron chi connectivity index (χ1n) is 11.9. The Hall–Kier alpha value is -2.00. The molecule has 5 rings (SSSR count). The minimum Gasteiger partial charge on any atom is -0.478 e. The summed E-state index contributed by atoms with van der Waals surface area (Å²) >= 11 is 0. The van der Waals surface area contributed by atoms with Gasteiger partial charge in [0.1, 0.15) is 12.1 Å². The molecule has 1 unspecified atom stereocenters. The molecule has 1 aliphatic heterocycles. The van der Waals surface area contributed by atoms with Crippen LogP contribution < -0.4 is 5.32 Å². The van der Waals surface area contributed by atoms with E-state index in [4.69, 9.17) is 4.84 Å². The Balaban J connectivity index is 1.54. The zero-order valence-corrected chi connectivity index (χ0v) is 19.8. The number of aliphatic hydroxyl groups is 2. The molecule has 4 N–H and O–H groups in total. The number of carboxylic acids is 1. The van der Waals surface area contributed by atoms with Crippen molar-refractivity contribution in [1.29, 1.82) is 0 Å². The number of fused-ring (bicyclic) bond motifs is 2. The van der Waals surface area contributed by atoms with Crippen LogP contribution in [0.5, 0.6) is 0 Å². The summed E-state index contributed by atoms with van der Waals surface area (Å²) in [6.07, 6.45) is 0.555. The summed E-state index contributed by atoms with van der Waals surface area (Å²) < 4.78 is 0. The molecule has 1 saturated heterocycles. The van der Waals surface area contributed by atoms with Gasteiger partial charge in [0.2, 0.25) is 5.91 Å². The van der Waals surface area contributed by atoms with Crippen LogP contribution in [0.2, 0.25) is 0 Å². The van der Waals surface area contributed by atoms with E-state index in [9.17, 15) is 24.9 Å². The molecule has 33 heavy (non-hydrogen) atoms. The van der Waals surface area contributed by atoms with Gasteiger partial charge in [-0.1, -0.05) is 32.9 Å². The molecule has 8 nitrogen and oxygen atoms in total. The van der Waals surface area contributed by atoms with Crippen molar-refractivity contribution in [2.24, 2.45) is 29.1 Å². The lowest BCUT2D eigenvalue weighted by Gasteiger charge is -2.62. The normalized spacial score (nSPS) is 36.1. The molecular weight excluding hydrogens is 424 g/mol. The third-order valence-corrected chi connectivity index (χ3v) is 8.57. The topological polar surface area (TPSA) is 119 Å². The fraction of sp³-hybridized carbons (Fsp3) is 0.680. The van der Waals surface area contributed by atoms with Crippen molar-refractivity contribution in [1.82, 2.24) is 10.4 Å². The van der Waals surface area contributed by atoms with Gasteiger partial charge in [0, 0.05) is 12.0 Å². The Bertz CT molecular complexity index is 903. The number of aliphatic hydroxyl groups excluding tert-OH is 2. The van der Waals surface area contributed by atoms with Gasteiger partial charge in [0.15, 0.2) is 0 Å². The van der Waals surface area contributed by atoms with E-state index in [1.54, 1.807) is 25.1 Å². The second-order valence-electron chi connectivity index (χ2n) is 10.7. The molecule has 1 heterocycles. The van der Waals surface area contributed by atoms with Crippen molar-refractivity contribution in [2.75, 3.05) is 6.61 Å². The SMILES string of the molecule is C[C@@H]1[C@@H](NC(=O)[C@@H]2C([C@H](C)O)[C@H](CO)ON2Cc2cccc(C(=O)O)c2)C[C@H]2C[C@H]1C2(C)C. The van der Waals surface area contributed by atoms with Crippen molar-refractivity contribution in [3.8, 4) is 0 Å². The van der Waals surface area contributed by atoms with E-state index in [2.05, 4.69) is 26.1 Å². The lowest BCUT2D eigenvalue weighted by molar-refractivity contribution is -0.183. The molecule has 3 aliphatic carbocycles. The van der Waals surface area contributed by atoms with Crippen LogP contribution in [-0.2, 0) is 16.2 Å². The molecule has 4 aliphatic rings. The maximum Gasteiger partial charge on any atom is 0.335 e. The molecule has 182 valence electrons. The monoisotopic (exact) mass is 460 g/mol. The number of carboxylic acid groups (broad SMARTS) is 1. The molecule has 1 aromatic rings. The summed E-state index contributed by atoms with van der Waals surface area (Å²) in [6.45, 7) is 8.27. The Morgan fingerprint density at radius 3 is 2.61 bits per heavy atom. The van der Waals surface area contributed by atoms with Gasteiger partial charge in [-0.2, -0.15) is 5.06 Å². The minimum absolute atomic E-state index is 0.0642. The first-order chi connectivity index (χ1) is 15.5. The first-order valence-corrected chi connectivity index (χ1v) is 11.9. The van der Waals surface area contributed by atoms with Crippen LogP contribution in [0.15, 0.2) is 24.3 Å². The van der Waals surface area contributed by atoms with Gasteiger partial charge in [0.05, 0.1) is 24.8 Å². The van der Waals surface area contributed by atoms with Crippen molar-refractivity contribution in [3.63, 3.8) is 0 Å². The maximum atomic E-state index is 13.6. The van der Waals surface area contributed by atoms with Crippen LogP contribution in [0.1, 0.15) is 56.5 Å². The van der Waals surface area contributed by atoms with Crippen molar-refractivity contribution >= 4 is 11.9 Å². The zero-order chi connectivity index (χ0) is 24.1. The number of amides is 1. The van der Waals surface area contributed by atoms with Crippen LogP contribution in [0, 0.1) is 29.1 Å². The van der Waals surface area contributed by atoms with Gasteiger partial charge < -0.3 is 20.6 Å². The number of nitrogens with one attached hydrogen (secondary N) is 1. The van der Waals surface area contributed by atoms with Crippen LogP contribution in [0.25, 0.3) is 0 Å². The number of hydroxylamine groups is 2. The smallest absolute Gasteiger partial charge is 0.335 e. The fourth-order valence-corrected chi connectivity index (χ4v) is 6.47. The molecule has 1 aromatic carbocycles. The molecule has 0 spiro atoms. The number of hydrogen-bond acceptors (Lipinski definition) is 6. The molecule has 0 aromatic heterocycles. The second-order valence-corrected chi connectivity index (χ2v) is 10.7. The van der Waals surface area contributed by atoms with Gasteiger partial charge in [-0.25, -0.2) is 4.79 Å². The highest BCUT2D eigenvalue weighted by Gasteiger charge is 2.57. The predicted molar refractivity (Wildman–Crippen MR) is 121 cm³/mol. The Kier molecular flexibility index (Phi) is 6.57. The number of benzene rings is 1. The lowest BCUT2D eigenvalue weighted by atomic mass is 9.45. The van der Waals surface area contributed by atoms with E-state index in [1.807, 2.05) is 0 Å². The summed E-state index contributed by atoms with van der Waals surface area (Å²) in [7, 11) is 0. The van der Waals surface area contributed by atoms with E-state index in [0.29, 0.717) is 28.7 Å². The average Bonchev–Trinajstić information content (AvgIpc) is 3.13. The van der Waals surface area contributed by atoms with Gasteiger partial charge in [-0.3, -0.25) is 9.63 Å². The standard InChI is InChI=1S/C25H36N2O6/c1-13-18-9-17(25(18,3)4)10-19(13)26-23(30)22-21(14(2)29)20(12-28)33-27(22)11-15-6-5-7-16(8-15)24(31)32/h5-8,13-14,17-22,28-29H,9-12H2,1-4H3,(H,26,30)(H,31,32)/t13-,14-,17+,18+,19-,20-,21?,22-/m0/s1. The van der Waals surface area contributed by atoms with E-state index in [-0.39, 0.29) is 30.7 Å². The summed E-state index contributed by atoms with van der Waals surface area (Å²) in [6, 6.07) is 5.74. The van der Waals surface area contributed by atoms with Gasteiger partial charge in [-0.05, 0) is 60.6 Å². The number of hydrogen-bond donors (Lipinski definition) is 4. The van der Waals surface area contributed by atoms with Crippen molar-refractivity contribution in [3.05, 3.63) is 35.4 Å². The molecule has 8 heteroatoms. The zero-order valence-electron chi connectivity index (χ0n) is 19.8. The predicted octanol–water partition coefficient (Wildman–Crippen LogP) is 2.05. The third-order valence-electron chi connectivity index (χ3n) is 8.57. The number of carbonyl (C=O) groups is 2. The summed E-state index contributed by atoms with van der Waals surface area (Å²) in [5.74, 6) is -0.331. The van der Waals surface area contributed by atoms with Gasteiger partial charge in [-0.15, -0.1) is 0 Å². The van der Waals surface area contributed by atoms with E-state index in [1.165, 1.54) is 17.6 Å². The number of aromatic carboxylic acids is 1. The van der Waals surface area contributed by atoms with Crippen LogP contribution >= 0.6 is 0 Å². The van der Waals surface area contributed by atoms with E-state index >= 15 is 0 Å². The Labute approximate surface area is 194 Å². The molecule has 1 amide bonds. The largest absolute Gasteiger partial charge is 0.478 e. The van der Waals surface area contributed by atoms with Gasteiger partial charge >= 0.3 is 5.97 Å². The third kappa shape index (κ3) is 4.30. The Morgan fingerprint density at radius 2 is 2.03 bits per heavy atom. The van der Waals surface area contributed by atoms with Crippen LogP contribution in [0.3, 0.4) is 0 Å². The number of nitrogens with zero attached hydrogens (tertiary/aromatic N) is 1. The van der Waals surface area contributed by atoms with Crippen LogP contribution in [0.4, 0.5) is 0 Å². The second kappa shape index (κ2) is 8.98. The highest BCUT2D eigenvalue weighted by atomic mass is 16.7. The lowest BCUT2D eigenvalue weighted by Crippen LogP contribution is -2.62. The molecule has 2 bridgehead atoms. The molecule has 4 fully saturated rings. The molecule has 0 radical (unpaired) electrons. The summed E-state index contributed by atoms with van der Waals surface area (Å²) in [4.78, 5) is 30.8. The van der Waals surface area contributed by atoms with E-state index in [0.717, 1.165) is 6.42 Å².